The van der Waals surface area contributed by atoms with Crippen molar-refractivity contribution in [1.29, 1.82) is 0 Å². The van der Waals surface area contributed by atoms with Crippen molar-refractivity contribution in [3.63, 3.8) is 0 Å². The lowest BCUT2D eigenvalue weighted by Gasteiger charge is -2.31. The molecule has 2 heterocycles. The maximum Gasteiger partial charge on any atom is 0.280 e. The number of aliphatic hydroxyl groups is 2. The Bertz CT molecular complexity index is 665. The first kappa shape index (κ1) is 22.2. The molecule has 2 rings (SSSR count). The summed E-state index contributed by atoms with van der Waals surface area (Å²) in [5, 5.41) is 22.3. The third-order valence-electron chi connectivity index (χ3n) is 4.24. The van der Waals surface area contributed by atoms with Crippen LogP contribution < -0.4 is 5.46 Å². The molecule has 2 radical (unpaired) electrons. The van der Waals surface area contributed by atoms with Crippen LogP contribution in [0.1, 0.15) is 64.8 Å². The lowest BCUT2D eigenvalue weighted by atomic mass is 9.90. The lowest BCUT2D eigenvalue weighted by molar-refractivity contribution is -0.107. The van der Waals surface area contributed by atoms with Gasteiger partial charge < -0.3 is 10.2 Å². The van der Waals surface area contributed by atoms with E-state index in [0.29, 0.717) is 5.46 Å². The van der Waals surface area contributed by atoms with Crippen LogP contribution in [0.5, 0.6) is 0 Å². The average Bonchev–Trinajstić information content (AvgIpc) is 2.93. The van der Waals surface area contributed by atoms with E-state index in [4.69, 9.17) is 18.1 Å². The number of rotatable bonds is 5. The Kier molecular flexibility index (Phi) is 7.47. The zero-order chi connectivity index (χ0) is 20.1. The molecule has 142 valence electrons. The standard InChI is InChI=1S/C12H12BF2N3.C6H14O2/c1-2-11(18-7-9(13)6-17-18)8-3-4-10(12(14)15)16-5-8;1-5(2,7)6(3,4)8/h3-7,11-12H,2H2,1H3;7-8H,1-4H3. The minimum atomic E-state index is -2.54. The van der Waals surface area contributed by atoms with Crippen LogP contribution in [0.4, 0.5) is 8.78 Å². The minimum absolute atomic E-state index is 0.0403. The number of alkyl halides is 2. The molecule has 2 aromatic rings. The van der Waals surface area contributed by atoms with E-state index in [1.165, 1.54) is 12.3 Å². The molecular formula is C18H26BF2N3O2. The van der Waals surface area contributed by atoms with Gasteiger partial charge >= 0.3 is 0 Å². The normalized spacial score (nSPS) is 13.3. The molecule has 8 heteroatoms. The second-order valence-electron chi connectivity index (χ2n) is 7.11. The molecule has 0 spiro atoms. The molecule has 0 aromatic carbocycles. The van der Waals surface area contributed by atoms with Crippen LogP contribution in [-0.4, -0.2) is 44.0 Å². The Morgan fingerprint density at radius 3 is 2.00 bits per heavy atom. The van der Waals surface area contributed by atoms with Crippen molar-refractivity contribution in [2.75, 3.05) is 0 Å². The molecule has 5 nitrogen and oxygen atoms in total. The first-order chi connectivity index (χ1) is 11.9. The molecule has 1 unspecified atom stereocenters. The van der Waals surface area contributed by atoms with E-state index in [9.17, 15) is 8.78 Å². The van der Waals surface area contributed by atoms with Crippen molar-refractivity contribution >= 4 is 13.3 Å². The third-order valence-corrected chi connectivity index (χ3v) is 4.24. The van der Waals surface area contributed by atoms with Crippen molar-refractivity contribution in [3.05, 3.63) is 42.0 Å². The van der Waals surface area contributed by atoms with Gasteiger partial charge in [-0.2, -0.15) is 5.10 Å². The third kappa shape index (κ3) is 6.18. The van der Waals surface area contributed by atoms with Crippen LogP contribution in [0, 0.1) is 0 Å². The van der Waals surface area contributed by atoms with Crippen molar-refractivity contribution in [1.82, 2.24) is 14.8 Å². The van der Waals surface area contributed by atoms with Gasteiger partial charge in [-0.15, -0.1) is 0 Å². The Morgan fingerprint density at radius 1 is 1.12 bits per heavy atom. The maximum absolute atomic E-state index is 12.4. The first-order valence-electron chi connectivity index (χ1n) is 8.35. The molecule has 0 aliphatic heterocycles. The van der Waals surface area contributed by atoms with Crippen molar-refractivity contribution in [2.45, 2.75) is 64.7 Å². The molecule has 26 heavy (non-hydrogen) atoms. The van der Waals surface area contributed by atoms with Crippen LogP contribution in [0.15, 0.2) is 30.7 Å². The summed E-state index contributed by atoms with van der Waals surface area (Å²) in [6, 6.07) is 2.96. The fourth-order valence-electron chi connectivity index (χ4n) is 1.84. The van der Waals surface area contributed by atoms with Gasteiger partial charge in [-0.05, 0) is 45.7 Å². The summed E-state index contributed by atoms with van der Waals surface area (Å²) >= 11 is 0. The maximum atomic E-state index is 12.4. The van der Waals surface area contributed by atoms with Gasteiger partial charge in [0.1, 0.15) is 13.5 Å². The van der Waals surface area contributed by atoms with E-state index in [0.717, 1.165) is 12.0 Å². The first-order valence-corrected chi connectivity index (χ1v) is 8.35. The summed E-state index contributed by atoms with van der Waals surface area (Å²) in [5.74, 6) is 0. The average molecular weight is 365 g/mol. The molecule has 2 N–H and O–H groups in total. The quantitative estimate of drug-likeness (QED) is 0.799. The molecule has 0 saturated carbocycles. The molecule has 0 amide bonds. The van der Waals surface area contributed by atoms with Gasteiger partial charge in [-0.1, -0.05) is 18.5 Å². The fourth-order valence-corrected chi connectivity index (χ4v) is 1.84. The highest BCUT2D eigenvalue weighted by atomic mass is 19.3. The van der Waals surface area contributed by atoms with Gasteiger partial charge in [0.15, 0.2) is 0 Å². The van der Waals surface area contributed by atoms with Gasteiger partial charge in [0.2, 0.25) is 0 Å². The Balaban J connectivity index is 0.000000359. The second-order valence-corrected chi connectivity index (χ2v) is 7.11. The molecule has 0 saturated heterocycles. The fraction of sp³-hybridized carbons (Fsp3) is 0.556. The highest BCUT2D eigenvalue weighted by molar-refractivity contribution is 6.31. The number of nitrogens with zero attached hydrogens (tertiary/aromatic N) is 3. The van der Waals surface area contributed by atoms with E-state index in [2.05, 4.69) is 10.1 Å². The molecule has 0 bridgehead atoms. The van der Waals surface area contributed by atoms with Crippen LogP contribution in [0.3, 0.4) is 0 Å². The van der Waals surface area contributed by atoms with Gasteiger partial charge in [0.25, 0.3) is 6.43 Å². The van der Waals surface area contributed by atoms with Crippen LogP contribution >= 0.6 is 0 Å². The summed E-state index contributed by atoms with van der Waals surface area (Å²) in [7, 11) is 5.61. The van der Waals surface area contributed by atoms with Gasteiger partial charge in [-0.3, -0.25) is 9.67 Å². The summed E-state index contributed by atoms with van der Waals surface area (Å²) < 4.78 is 26.5. The Hall–Kier alpha value is -1.80. The van der Waals surface area contributed by atoms with Crippen molar-refractivity contribution in [2.24, 2.45) is 0 Å². The van der Waals surface area contributed by atoms with Gasteiger partial charge in [-0.25, -0.2) is 8.78 Å². The molecular weight excluding hydrogens is 339 g/mol. The predicted octanol–water partition coefficient (Wildman–Crippen LogP) is 2.54. The van der Waals surface area contributed by atoms with Gasteiger partial charge in [0, 0.05) is 18.6 Å². The highest BCUT2D eigenvalue weighted by Crippen LogP contribution is 2.22. The van der Waals surface area contributed by atoms with E-state index < -0.39 is 17.6 Å². The summed E-state index contributed by atoms with van der Waals surface area (Å²) in [6.45, 7) is 8.30. The number of halogens is 2. The monoisotopic (exact) mass is 365 g/mol. The lowest BCUT2D eigenvalue weighted by Crippen LogP contribution is -2.44. The number of pyridine rings is 1. The SMILES string of the molecule is CC(C)(O)C(C)(C)O.[B]c1cnn(C(CC)c2ccc(C(F)F)nc2)c1. The highest BCUT2D eigenvalue weighted by Gasteiger charge is 2.31. The Morgan fingerprint density at radius 2 is 1.69 bits per heavy atom. The molecule has 1 atom stereocenters. The predicted molar refractivity (Wildman–Crippen MR) is 97.8 cm³/mol. The van der Waals surface area contributed by atoms with Gasteiger partial charge in [0.05, 0.1) is 17.2 Å². The van der Waals surface area contributed by atoms with Crippen molar-refractivity contribution in [3.8, 4) is 0 Å². The van der Waals surface area contributed by atoms with E-state index in [-0.39, 0.29) is 11.7 Å². The van der Waals surface area contributed by atoms with E-state index in [1.807, 2.05) is 6.92 Å². The Labute approximate surface area is 154 Å². The topological polar surface area (TPSA) is 71.2 Å². The summed E-state index contributed by atoms with van der Waals surface area (Å²) in [5.41, 5.74) is -0.816. The van der Waals surface area contributed by atoms with Crippen LogP contribution in [-0.2, 0) is 0 Å². The van der Waals surface area contributed by atoms with Crippen LogP contribution in [0.2, 0.25) is 0 Å². The number of aromatic nitrogens is 3. The minimum Gasteiger partial charge on any atom is -0.387 e. The van der Waals surface area contributed by atoms with Crippen LogP contribution in [0.25, 0.3) is 0 Å². The number of hydrogen-bond donors (Lipinski definition) is 2. The molecule has 0 aliphatic rings. The second kappa shape index (κ2) is 8.73. The summed E-state index contributed by atoms with van der Waals surface area (Å²) in [4.78, 5) is 3.76. The zero-order valence-electron chi connectivity index (χ0n) is 15.8. The molecule has 0 aliphatic carbocycles. The van der Waals surface area contributed by atoms with E-state index >= 15 is 0 Å². The smallest absolute Gasteiger partial charge is 0.280 e. The van der Waals surface area contributed by atoms with E-state index in [1.54, 1.807) is 50.8 Å². The van der Waals surface area contributed by atoms with Crippen molar-refractivity contribution < 1.29 is 19.0 Å². The molecule has 2 aromatic heterocycles. The largest absolute Gasteiger partial charge is 0.387 e. The number of hydrogen-bond acceptors (Lipinski definition) is 4. The molecule has 0 fully saturated rings. The zero-order valence-corrected chi connectivity index (χ0v) is 15.8. The summed E-state index contributed by atoms with van der Waals surface area (Å²) in [6.07, 6.45) is 2.97.